The fourth-order valence-corrected chi connectivity index (χ4v) is 3.56. The minimum Gasteiger partial charge on any atom is -0.486 e. The summed E-state index contributed by atoms with van der Waals surface area (Å²) >= 11 is 0. The number of carbonyl (C=O) groups is 2. The maximum atomic E-state index is 12.7. The Labute approximate surface area is 161 Å². The molecule has 3 rings (SSSR count). The SMILES string of the molecule is CC(NC(=O)C1CCN(C(=O)C(C)(C)C)CC1)c1ccc2c(c1)OCCO2. The first-order chi connectivity index (χ1) is 12.8. The topological polar surface area (TPSA) is 67.9 Å². The molecule has 2 amide bonds. The highest BCUT2D eigenvalue weighted by Gasteiger charge is 2.32. The standard InChI is InChI=1S/C21H30N2O4/c1-14(16-5-6-17-18(13-16)27-12-11-26-17)22-19(24)15-7-9-23(10-8-15)20(25)21(2,3)4/h5-6,13-15H,7-12H2,1-4H3,(H,22,24). The Hall–Kier alpha value is -2.24. The first-order valence-electron chi connectivity index (χ1n) is 9.75. The van der Waals surface area contributed by atoms with E-state index in [-0.39, 0.29) is 29.2 Å². The molecule has 0 aromatic heterocycles. The number of benzene rings is 1. The number of piperidine rings is 1. The zero-order valence-corrected chi connectivity index (χ0v) is 16.7. The fraction of sp³-hybridized carbons (Fsp3) is 0.619. The Morgan fingerprint density at radius 2 is 1.74 bits per heavy atom. The number of likely N-dealkylation sites (tertiary alicyclic amines) is 1. The Morgan fingerprint density at radius 1 is 1.11 bits per heavy atom. The third-order valence-electron chi connectivity index (χ3n) is 5.22. The Balaban J connectivity index is 1.54. The van der Waals surface area contributed by atoms with Gasteiger partial charge in [-0.3, -0.25) is 9.59 Å². The maximum Gasteiger partial charge on any atom is 0.227 e. The molecule has 2 aliphatic rings. The minimum absolute atomic E-state index is 0.0475. The van der Waals surface area contributed by atoms with E-state index in [4.69, 9.17) is 9.47 Å². The highest BCUT2D eigenvalue weighted by atomic mass is 16.6. The lowest BCUT2D eigenvalue weighted by atomic mass is 9.90. The number of hydrogen-bond acceptors (Lipinski definition) is 4. The summed E-state index contributed by atoms with van der Waals surface area (Å²) in [4.78, 5) is 26.9. The molecule has 1 fully saturated rings. The molecule has 1 aromatic rings. The minimum atomic E-state index is -0.373. The summed E-state index contributed by atoms with van der Waals surface area (Å²) in [6.07, 6.45) is 1.42. The number of nitrogens with one attached hydrogen (secondary N) is 1. The molecular formula is C21H30N2O4. The molecule has 1 saturated heterocycles. The van der Waals surface area contributed by atoms with E-state index in [1.165, 1.54) is 0 Å². The quantitative estimate of drug-likeness (QED) is 0.883. The number of fused-ring (bicyclic) bond motifs is 1. The van der Waals surface area contributed by atoms with Crippen LogP contribution in [0.1, 0.15) is 52.1 Å². The number of ether oxygens (including phenoxy) is 2. The summed E-state index contributed by atoms with van der Waals surface area (Å²) in [7, 11) is 0. The van der Waals surface area contributed by atoms with Gasteiger partial charge >= 0.3 is 0 Å². The van der Waals surface area contributed by atoms with Crippen LogP contribution in [0.4, 0.5) is 0 Å². The largest absolute Gasteiger partial charge is 0.486 e. The van der Waals surface area contributed by atoms with Crippen molar-refractivity contribution in [1.29, 1.82) is 0 Å². The van der Waals surface area contributed by atoms with Gasteiger partial charge in [0.15, 0.2) is 11.5 Å². The Bertz CT molecular complexity index is 703. The number of nitrogens with zero attached hydrogens (tertiary/aromatic N) is 1. The molecule has 1 aromatic carbocycles. The van der Waals surface area contributed by atoms with Crippen LogP contribution in [0.15, 0.2) is 18.2 Å². The van der Waals surface area contributed by atoms with Crippen LogP contribution >= 0.6 is 0 Å². The van der Waals surface area contributed by atoms with Crippen molar-refractivity contribution in [1.82, 2.24) is 10.2 Å². The van der Waals surface area contributed by atoms with E-state index in [0.29, 0.717) is 39.1 Å². The first kappa shape index (κ1) is 19.5. The Morgan fingerprint density at radius 3 is 2.37 bits per heavy atom. The number of amides is 2. The van der Waals surface area contributed by atoms with Crippen LogP contribution < -0.4 is 14.8 Å². The van der Waals surface area contributed by atoms with E-state index >= 15 is 0 Å². The van der Waals surface area contributed by atoms with Crippen molar-refractivity contribution in [2.45, 2.75) is 46.6 Å². The van der Waals surface area contributed by atoms with Crippen molar-refractivity contribution < 1.29 is 19.1 Å². The first-order valence-corrected chi connectivity index (χ1v) is 9.75. The van der Waals surface area contributed by atoms with E-state index in [1.807, 2.05) is 50.8 Å². The maximum absolute atomic E-state index is 12.7. The summed E-state index contributed by atoms with van der Waals surface area (Å²) in [5, 5.41) is 3.11. The second kappa shape index (κ2) is 7.79. The van der Waals surface area contributed by atoms with Crippen LogP contribution in [0, 0.1) is 11.3 Å². The smallest absolute Gasteiger partial charge is 0.227 e. The zero-order valence-electron chi connectivity index (χ0n) is 16.7. The molecule has 1 unspecified atom stereocenters. The molecule has 0 aliphatic carbocycles. The molecule has 148 valence electrons. The molecule has 1 N–H and O–H groups in total. The number of hydrogen-bond donors (Lipinski definition) is 1. The van der Waals surface area contributed by atoms with E-state index in [0.717, 1.165) is 17.1 Å². The van der Waals surface area contributed by atoms with Gasteiger partial charge in [-0.2, -0.15) is 0 Å². The molecule has 27 heavy (non-hydrogen) atoms. The summed E-state index contributed by atoms with van der Waals surface area (Å²) < 4.78 is 11.2. The second-order valence-corrected chi connectivity index (χ2v) is 8.45. The number of carbonyl (C=O) groups excluding carboxylic acids is 2. The van der Waals surface area contributed by atoms with Crippen molar-refractivity contribution in [3.8, 4) is 11.5 Å². The molecule has 1 atom stereocenters. The van der Waals surface area contributed by atoms with Crippen molar-refractivity contribution >= 4 is 11.8 Å². The molecule has 2 heterocycles. The summed E-state index contributed by atoms with van der Waals surface area (Å²) in [5.74, 6) is 1.65. The lowest BCUT2D eigenvalue weighted by molar-refractivity contribution is -0.142. The third kappa shape index (κ3) is 4.54. The van der Waals surface area contributed by atoms with Crippen molar-refractivity contribution in [2.75, 3.05) is 26.3 Å². The van der Waals surface area contributed by atoms with Crippen molar-refractivity contribution in [3.63, 3.8) is 0 Å². The van der Waals surface area contributed by atoms with Gasteiger partial charge in [-0.1, -0.05) is 26.8 Å². The second-order valence-electron chi connectivity index (χ2n) is 8.45. The van der Waals surface area contributed by atoms with E-state index < -0.39 is 0 Å². The van der Waals surface area contributed by atoms with Crippen molar-refractivity contribution in [3.05, 3.63) is 23.8 Å². The van der Waals surface area contributed by atoms with Gasteiger partial charge in [0.1, 0.15) is 13.2 Å². The molecule has 0 spiro atoms. The van der Waals surface area contributed by atoms with Gasteiger partial charge < -0.3 is 19.7 Å². The summed E-state index contributed by atoms with van der Waals surface area (Å²) in [6, 6.07) is 5.68. The van der Waals surface area contributed by atoms with Crippen LogP contribution in [-0.2, 0) is 9.59 Å². The summed E-state index contributed by atoms with van der Waals surface area (Å²) in [6.45, 7) is 10.2. The number of rotatable bonds is 3. The molecule has 0 bridgehead atoms. The van der Waals surface area contributed by atoms with E-state index in [9.17, 15) is 9.59 Å². The van der Waals surface area contributed by atoms with E-state index in [1.54, 1.807) is 0 Å². The van der Waals surface area contributed by atoms with Gasteiger partial charge in [0, 0.05) is 24.4 Å². The van der Waals surface area contributed by atoms with Crippen molar-refractivity contribution in [2.24, 2.45) is 11.3 Å². The highest BCUT2D eigenvalue weighted by molar-refractivity contribution is 5.83. The lowest BCUT2D eigenvalue weighted by Gasteiger charge is -2.35. The van der Waals surface area contributed by atoms with Gasteiger partial charge in [-0.15, -0.1) is 0 Å². The lowest BCUT2D eigenvalue weighted by Crippen LogP contribution is -2.46. The van der Waals surface area contributed by atoms with Crippen LogP contribution in [0.5, 0.6) is 11.5 Å². The van der Waals surface area contributed by atoms with Gasteiger partial charge in [-0.05, 0) is 37.5 Å². The van der Waals surface area contributed by atoms with Crippen LogP contribution in [0.2, 0.25) is 0 Å². The van der Waals surface area contributed by atoms with Crippen LogP contribution in [0.3, 0.4) is 0 Å². The van der Waals surface area contributed by atoms with Crippen LogP contribution in [-0.4, -0.2) is 43.0 Å². The molecule has 6 nitrogen and oxygen atoms in total. The molecule has 0 radical (unpaired) electrons. The predicted octanol–water partition coefficient (Wildman–Crippen LogP) is 2.92. The van der Waals surface area contributed by atoms with Gasteiger partial charge in [-0.25, -0.2) is 0 Å². The average Bonchev–Trinajstić information content (AvgIpc) is 2.66. The monoisotopic (exact) mass is 374 g/mol. The van der Waals surface area contributed by atoms with Crippen LogP contribution in [0.25, 0.3) is 0 Å². The molecular weight excluding hydrogens is 344 g/mol. The Kier molecular flexibility index (Phi) is 5.63. The van der Waals surface area contributed by atoms with Gasteiger partial charge in [0.25, 0.3) is 0 Å². The van der Waals surface area contributed by atoms with E-state index in [2.05, 4.69) is 5.32 Å². The van der Waals surface area contributed by atoms with Gasteiger partial charge in [0.05, 0.1) is 6.04 Å². The molecule has 0 saturated carbocycles. The predicted molar refractivity (Wildman–Crippen MR) is 103 cm³/mol. The third-order valence-corrected chi connectivity index (χ3v) is 5.22. The fourth-order valence-electron chi connectivity index (χ4n) is 3.56. The molecule has 6 heteroatoms. The normalized spacial score (nSPS) is 18.7. The zero-order chi connectivity index (χ0) is 19.6. The highest BCUT2D eigenvalue weighted by Crippen LogP contribution is 2.33. The summed E-state index contributed by atoms with van der Waals surface area (Å²) in [5.41, 5.74) is 0.620. The molecule has 2 aliphatic heterocycles. The van der Waals surface area contributed by atoms with Gasteiger partial charge in [0.2, 0.25) is 11.8 Å². The average molecular weight is 374 g/mol.